The van der Waals surface area contributed by atoms with Crippen LogP contribution in [0.25, 0.3) is 10.9 Å². The highest BCUT2D eigenvalue weighted by molar-refractivity contribution is 6.31. The highest BCUT2D eigenvalue weighted by Gasteiger charge is 2.08. The van der Waals surface area contributed by atoms with Crippen molar-refractivity contribution >= 4 is 22.5 Å². The topological polar surface area (TPSA) is 45.4 Å². The smallest absolute Gasteiger partial charge is 0.0702 e. The molecule has 0 fully saturated rings. The molecule has 1 aromatic carbocycles. The van der Waals surface area contributed by atoms with Crippen molar-refractivity contribution in [1.29, 1.82) is 0 Å². The summed E-state index contributed by atoms with van der Waals surface area (Å²) in [6.07, 6.45) is 2.27. The van der Waals surface area contributed by atoms with Gasteiger partial charge in [0.2, 0.25) is 0 Å². The predicted octanol–water partition coefficient (Wildman–Crippen LogP) is 2.56. The van der Waals surface area contributed by atoms with Crippen LogP contribution in [0.1, 0.15) is 18.9 Å². The third-order valence-electron chi connectivity index (χ3n) is 2.88. The van der Waals surface area contributed by atoms with Crippen molar-refractivity contribution in [3.8, 4) is 0 Å². The first-order valence-electron chi connectivity index (χ1n) is 5.68. The average molecular weight is 254 g/mol. The number of halogens is 1. The summed E-state index contributed by atoms with van der Waals surface area (Å²) in [7, 11) is 0. The van der Waals surface area contributed by atoms with Gasteiger partial charge in [-0.1, -0.05) is 17.7 Å². The second-order valence-electron chi connectivity index (χ2n) is 4.31. The fraction of sp³-hybridized carbons (Fsp3) is 0.385. The Bertz CT molecular complexity index is 519. The van der Waals surface area contributed by atoms with Crippen LogP contribution in [0.4, 0.5) is 0 Å². The molecule has 1 aromatic heterocycles. The van der Waals surface area contributed by atoms with E-state index in [0.717, 1.165) is 16.5 Å². The van der Waals surface area contributed by atoms with Crippen LogP contribution in [-0.4, -0.2) is 20.9 Å². The van der Waals surface area contributed by atoms with Gasteiger partial charge in [0, 0.05) is 34.2 Å². The number of nitrogens with zero attached hydrogens (tertiary/aromatic N) is 1. The number of hydrogen-bond acceptors (Lipinski definition) is 2. The molecule has 3 nitrogen and oxygen atoms in total. The van der Waals surface area contributed by atoms with E-state index in [4.69, 9.17) is 11.6 Å². The van der Waals surface area contributed by atoms with Crippen molar-refractivity contribution in [1.82, 2.24) is 4.57 Å². The van der Waals surface area contributed by atoms with Crippen molar-refractivity contribution in [3.63, 3.8) is 0 Å². The van der Waals surface area contributed by atoms with Gasteiger partial charge in [-0.25, -0.2) is 0 Å². The van der Waals surface area contributed by atoms with E-state index in [9.17, 15) is 10.2 Å². The molecule has 0 aliphatic rings. The second kappa shape index (κ2) is 5.08. The van der Waals surface area contributed by atoms with E-state index in [2.05, 4.69) is 0 Å². The zero-order valence-corrected chi connectivity index (χ0v) is 10.5. The van der Waals surface area contributed by atoms with Crippen LogP contribution in [0.3, 0.4) is 0 Å². The summed E-state index contributed by atoms with van der Waals surface area (Å²) in [6.45, 7) is 2.50. The van der Waals surface area contributed by atoms with Gasteiger partial charge in [0.1, 0.15) is 0 Å². The van der Waals surface area contributed by atoms with Gasteiger partial charge in [-0.15, -0.1) is 0 Å². The molecule has 2 rings (SSSR count). The first kappa shape index (κ1) is 12.4. The molecule has 0 amide bonds. The van der Waals surface area contributed by atoms with E-state index in [-0.39, 0.29) is 12.7 Å². The van der Waals surface area contributed by atoms with Gasteiger partial charge < -0.3 is 14.8 Å². The number of aliphatic hydroxyl groups is 2. The highest BCUT2D eigenvalue weighted by atomic mass is 35.5. The van der Waals surface area contributed by atoms with Crippen LogP contribution in [0.2, 0.25) is 5.02 Å². The van der Waals surface area contributed by atoms with E-state index in [1.807, 2.05) is 29.0 Å². The summed E-state index contributed by atoms with van der Waals surface area (Å²) >= 11 is 5.98. The first-order valence-corrected chi connectivity index (χ1v) is 6.06. The molecule has 0 spiro atoms. The lowest BCUT2D eigenvalue weighted by Crippen LogP contribution is -2.06. The van der Waals surface area contributed by atoms with Gasteiger partial charge in [-0.3, -0.25) is 0 Å². The highest BCUT2D eigenvalue weighted by Crippen LogP contribution is 2.25. The summed E-state index contributed by atoms with van der Waals surface area (Å²) in [5, 5.41) is 20.3. The number of aromatic nitrogens is 1. The minimum absolute atomic E-state index is 0.0137. The SMILES string of the molecule is CC(O)CCn1cc(CO)c2ccc(Cl)cc21. The molecule has 0 saturated carbocycles. The predicted molar refractivity (Wildman–Crippen MR) is 69.2 cm³/mol. The van der Waals surface area contributed by atoms with Crippen LogP contribution in [-0.2, 0) is 13.2 Å². The Hall–Kier alpha value is -1.03. The summed E-state index contributed by atoms with van der Waals surface area (Å²) in [5.41, 5.74) is 1.89. The molecule has 0 bridgehead atoms. The molecule has 0 aliphatic heterocycles. The summed E-state index contributed by atoms with van der Waals surface area (Å²) in [4.78, 5) is 0. The Morgan fingerprint density at radius 2 is 2.18 bits per heavy atom. The van der Waals surface area contributed by atoms with E-state index in [1.54, 1.807) is 6.92 Å². The Kier molecular flexibility index (Phi) is 3.72. The molecular weight excluding hydrogens is 238 g/mol. The molecule has 2 N–H and O–H groups in total. The van der Waals surface area contributed by atoms with Crippen LogP contribution in [0, 0.1) is 0 Å². The Labute approximate surface area is 105 Å². The minimum Gasteiger partial charge on any atom is -0.393 e. The summed E-state index contributed by atoms with van der Waals surface area (Å²) in [6, 6.07) is 5.63. The third kappa shape index (κ3) is 2.63. The molecule has 1 unspecified atom stereocenters. The minimum atomic E-state index is -0.329. The average Bonchev–Trinajstić information content (AvgIpc) is 2.63. The third-order valence-corrected chi connectivity index (χ3v) is 3.12. The Morgan fingerprint density at radius 3 is 2.82 bits per heavy atom. The van der Waals surface area contributed by atoms with Crippen LogP contribution < -0.4 is 0 Å². The van der Waals surface area contributed by atoms with Gasteiger partial charge in [-0.2, -0.15) is 0 Å². The summed E-state index contributed by atoms with van der Waals surface area (Å²) < 4.78 is 2.03. The van der Waals surface area contributed by atoms with Gasteiger partial charge in [0.15, 0.2) is 0 Å². The number of hydrogen-bond donors (Lipinski definition) is 2. The maximum atomic E-state index is 9.32. The number of aliphatic hydroxyl groups excluding tert-OH is 2. The molecular formula is C13H16ClNO2. The fourth-order valence-corrected chi connectivity index (χ4v) is 2.14. The van der Waals surface area contributed by atoms with Crippen molar-refractivity contribution in [3.05, 3.63) is 35.0 Å². The number of rotatable bonds is 4. The lowest BCUT2D eigenvalue weighted by Gasteiger charge is -2.07. The zero-order valence-electron chi connectivity index (χ0n) is 9.73. The standard InChI is InChI=1S/C13H16ClNO2/c1-9(17)4-5-15-7-10(8-16)12-3-2-11(14)6-13(12)15/h2-3,6-7,9,16-17H,4-5,8H2,1H3. The van der Waals surface area contributed by atoms with Crippen molar-refractivity contribution in [2.75, 3.05) is 0 Å². The monoisotopic (exact) mass is 253 g/mol. The number of benzene rings is 1. The molecule has 1 heterocycles. The Balaban J connectivity index is 2.43. The number of aryl methyl sites for hydroxylation is 1. The fourth-order valence-electron chi connectivity index (χ4n) is 1.98. The van der Waals surface area contributed by atoms with E-state index >= 15 is 0 Å². The molecule has 0 aliphatic carbocycles. The van der Waals surface area contributed by atoms with Gasteiger partial charge in [0.05, 0.1) is 12.7 Å². The molecule has 0 radical (unpaired) electrons. The lowest BCUT2D eigenvalue weighted by atomic mass is 10.2. The first-order chi connectivity index (χ1) is 8.11. The zero-order chi connectivity index (χ0) is 12.4. The van der Waals surface area contributed by atoms with Crippen molar-refractivity contribution in [2.45, 2.75) is 32.6 Å². The molecule has 17 heavy (non-hydrogen) atoms. The van der Waals surface area contributed by atoms with E-state index in [0.29, 0.717) is 18.0 Å². The summed E-state index contributed by atoms with van der Waals surface area (Å²) in [5.74, 6) is 0. The normalized spacial score (nSPS) is 13.2. The largest absolute Gasteiger partial charge is 0.393 e. The molecule has 0 saturated heterocycles. The van der Waals surface area contributed by atoms with Crippen LogP contribution in [0.5, 0.6) is 0 Å². The molecule has 4 heteroatoms. The van der Waals surface area contributed by atoms with Crippen LogP contribution >= 0.6 is 11.6 Å². The molecule has 1 atom stereocenters. The van der Waals surface area contributed by atoms with Gasteiger partial charge in [-0.05, 0) is 25.5 Å². The maximum absolute atomic E-state index is 9.32. The lowest BCUT2D eigenvalue weighted by molar-refractivity contribution is 0.178. The number of fused-ring (bicyclic) bond motifs is 1. The molecule has 92 valence electrons. The van der Waals surface area contributed by atoms with Crippen molar-refractivity contribution < 1.29 is 10.2 Å². The van der Waals surface area contributed by atoms with Crippen LogP contribution in [0.15, 0.2) is 24.4 Å². The second-order valence-corrected chi connectivity index (χ2v) is 4.74. The van der Waals surface area contributed by atoms with Gasteiger partial charge in [0.25, 0.3) is 0 Å². The van der Waals surface area contributed by atoms with E-state index < -0.39 is 0 Å². The van der Waals surface area contributed by atoms with E-state index in [1.165, 1.54) is 0 Å². The maximum Gasteiger partial charge on any atom is 0.0702 e. The quantitative estimate of drug-likeness (QED) is 0.880. The van der Waals surface area contributed by atoms with Gasteiger partial charge >= 0.3 is 0 Å². The molecule has 2 aromatic rings. The Morgan fingerprint density at radius 1 is 1.41 bits per heavy atom. The van der Waals surface area contributed by atoms with Crippen molar-refractivity contribution in [2.24, 2.45) is 0 Å².